The number of benzene rings is 1. The molecule has 3 N–H and O–H groups in total. The molecule has 1 aliphatic rings. The van der Waals surface area contributed by atoms with Gasteiger partial charge in [0.05, 0.1) is 17.4 Å². The first-order valence-electron chi connectivity index (χ1n) is 10.6. The summed E-state index contributed by atoms with van der Waals surface area (Å²) in [5.74, 6) is -1.13. The van der Waals surface area contributed by atoms with Crippen molar-refractivity contribution < 1.29 is 18.0 Å². The van der Waals surface area contributed by atoms with E-state index in [0.29, 0.717) is 12.2 Å². The third-order valence-electron chi connectivity index (χ3n) is 5.47. The second-order valence-electron chi connectivity index (χ2n) is 7.78. The molecule has 3 aromatic rings. The normalized spacial score (nSPS) is 15.1. The lowest BCUT2D eigenvalue weighted by Crippen LogP contribution is -2.43. The number of halogens is 3. The van der Waals surface area contributed by atoms with Gasteiger partial charge in [0.15, 0.2) is 0 Å². The Hall–Kier alpha value is -4.08. The van der Waals surface area contributed by atoms with E-state index in [1.807, 2.05) is 31.2 Å². The van der Waals surface area contributed by atoms with Crippen molar-refractivity contribution >= 4 is 39.6 Å². The first-order chi connectivity index (χ1) is 16.3. The Bertz CT molecular complexity index is 1310. The highest BCUT2D eigenvalue weighted by atomic mass is 19.4. The van der Waals surface area contributed by atoms with Crippen molar-refractivity contribution in [3.05, 3.63) is 72.7 Å². The largest absolute Gasteiger partial charge is 0.471 e. The highest BCUT2D eigenvalue weighted by molar-refractivity contribution is 6.05. The Balaban J connectivity index is 1.63. The third kappa shape index (κ3) is 4.95. The van der Waals surface area contributed by atoms with E-state index in [1.165, 1.54) is 0 Å². The smallest absolute Gasteiger partial charge is 0.348 e. The van der Waals surface area contributed by atoms with Crippen LogP contribution >= 0.6 is 0 Å². The van der Waals surface area contributed by atoms with Crippen LogP contribution in [0, 0.1) is 0 Å². The zero-order chi connectivity index (χ0) is 24.3. The van der Waals surface area contributed by atoms with Gasteiger partial charge in [-0.05, 0) is 49.3 Å². The Morgan fingerprint density at radius 3 is 2.85 bits per heavy atom. The second kappa shape index (κ2) is 9.42. The predicted molar refractivity (Wildman–Crippen MR) is 127 cm³/mol. The summed E-state index contributed by atoms with van der Waals surface area (Å²) in [5, 5.41) is 11.0. The van der Waals surface area contributed by atoms with Crippen molar-refractivity contribution in [1.29, 1.82) is 0 Å². The molecule has 0 fully saturated rings. The van der Waals surface area contributed by atoms with Crippen molar-refractivity contribution in [2.24, 2.45) is 4.99 Å². The number of allylic oxidation sites excluding steroid dienone is 2. The number of H-pyrrole nitrogens is 2. The summed E-state index contributed by atoms with van der Waals surface area (Å²) in [6.07, 6.45) is 3.90. The number of aromatic amines is 2. The van der Waals surface area contributed by atoms with Crippen molar-refractivity contribution in [2.45, 2.75) is 19.5 Å². The number of fused-ring (bicyclic) bond motifs is 1. The molecule has 0 unspecified atom stereocenters. The van der Waals surface area contributed by atoms with Crippen molar-refractivity contribution in [3.8, 4) is 0 Å². The standard InChI is InChI=1S/C24H23F3N6O/c1-3-4-9-28-22-19(15(2)30-18-5-6-20-17(12-18)14-29-32-20)13-21(31-22)16-7-10-33(11-8-16)23(34)24(25,26)27/h3-7,9,12-14,28,31H,1,8,10-11H2,2H3,(H,29,32)/b9-4+,30-15?. The van der Waals surface area contributed by atoms with E-state index in [-0.39, 0.29) is 13.1 Å². The average Bonchev–Trinajstić information content (AvgIpc) is 3.45. The van der Waals surface area contributed by atoms with E-state index in [4.69, 9.17) is 4.99 Å². The van der Waals surface area contributed by atoms with E-state index in [0.717, 1.165) is 44.0 Å². The van der Waals surface area contributed by atoms with Crippen LogP contribution in [0.15, 0.2) is 66.5 Å². The predicted octanol–water partition coefficient (Wildman–Crippen LogP) is 5.32. The number of carbonyl (C=O) groups is 1. The number of anilines is 1. The molecule has 3 heterocycles. The molecule has 0 atom stereocenters. The van der Waals surface area contributed by atoms with Crippen LogP contribution in [0.2, 0.25) is 0 Å². The molecule has 0 bridgehead atoms. The number of alkyl halides is 3. The number of nitrogens with zero attached hydrogens (tertiary/aromatic N) is 3. The molecule has 0 radical (unpaired) electrons. The van der Waals surface area contributed by atoms with Gasteiger partial charge in [0.1, 0.15) is 5.82 Å². The molecular weight excluding hydrogens is 445 g/mol. The van der Waals surface area contributed by atoms with E-state index < -0.39 is 12.1 Å². The Labute approximate surface area is 193 Å². The summed E-state index contributed by atoms with van der Waals surface area (Å²) in [6.45, 7) is 5.43. The zero-order valence-electron chi connectivity index (χ0n) is 18.4. The molecule has 176 valence electrons. The molecule has 0 saturated heterocycles. The maximum absolute atomic E-state index is 12.7. The number of hydrogen-bond acceptors (Lipinski definition) is 4. The molecule has 1 aromatic carbocycles. The zero-order valence-corrected chi connectivity index (χ0v) is 18.4. The summed E-state index contributed by atoms with van der Waals surface area (Å²) in [4.78, 5) is 20.3. The minimum absolute atomic E-state index is 0.00452. The molecule has 0 spiro atoms. The lowest BCUT2D eigenvalue weighted by molar-refractivity contribution is -0.185. The van der Waals surface area contributed by atoms with Crippen LogP contribution in [0.5, 0.6) is 0 Å². The fourth-order valence-corrected chi connectivity index (χ4v) is 3.76. The summed E-state index contributed by atoms with van der Waals surface area (Å²) >= 11 is 0. The molecule has 0 saturated carbocycles. The van der Waals surface area contributed by atoms with Gasteiger partial charge in [-0.1, -0.05) is 18.7 Å². The minimum atomic E-state index is -4.87. The monoisotopic (exact) mass is 468 g/mol. The molecular formula is C24H23F3N6O. The number of aliphatic imine (C=N–C) groups is 1. The van der Waals surface area contributed by atoms with Gasteiger partial charge in [0, 0.05) is 41.6 Å². The summed E-state index contributed by atoms with van der Waals surface area (Å²) in [6, 6.07) is 7.63. The third-order valence-corrected chi connectivity index (χ3v) is 5.47. The number of aromatic nitrogens is 3. The van der Waals surface area contributed by atoms with Crippen LogP contribution in [0.25, 0.3) is 16.5 Å². The van der Waals surface area contributed by atoms with Crippen molar-refractivity contribution in [1.82, 2.24) is 20.1 Å². The maximum Gasteiger partial charge on any atom is 0.471 e. The first kappa shape index (κ1) is 23.1. The number of amides is 1. The van der Waals surface area contributed by atoms with Gasteiger partial charge in [-0.3, -0.25) is 14.9 Å². The second-order valence-corrected chi connectivity index (χ2v) is 7.78. The molecule has 0 aliphatic carbocycles. The highest BCUT2D eigenvalue weighted by Crippen LogP contribution is 2.30. The van der Waals surface area contributed by atoms with Crippen LogP contribution in [-0.2, 0) is 4.79 Å². The first-order valence-corrected chi connectivity index (χ1v) is 10.6. The molecule has 1 aliphatic heterocycles. The van der Waals surface area contributed by atoms with Gasteiger partial charge in [-0.2, -0.15) is 18.3 Å². The average molecular weight is 468 g/mol. The fraction of sp³-hybridized carbons (Fsp3) is 0.208. The molecule has 2 aromatic heterocycles. The van der Waals surface area contributed by atoms with Crippen molar-refractivity contribution in [3.63, 3.8) is 0 Å². The van der Waals surface area contributed by atoms with Crippen LogP contribution in [0.3, 0.4) is 0 Å². The van der Waals surface area contributed by atoms with Crippen molar-refractivity contribution in [2.75, 3.05) is 18.4 Å². The van der Waals surface area contributed by atoms with Gasteiger partial charge in [-0.15, -0.1) is 0 Å². The summed E-state index contributed by atoms with van der Waals surface area (Å²) in [7, 11) is 0. The van der Waals surface area contributed by atoms with E-state index in [9.17, 15) is 18.0 Å². The minimum Gasteiger partial charge on any atom is -0.348 e. The molecule has 7 nitrogen and oxygen atoms in total. The summed E-state index contributed by atoms with van der Waals surface area (Å²) in [5.41, 5.74) is 4.82. The van der Waals surface area contributed by atoms with Gasteiger partial charge in [0.25, 0.3) is 0 Å². The topological polar surface area (TPSA) is 89.2 Å². The number of hydrogen-bond donors (Lipinski definition) is 3. The highest BCUT2D eigenvalue weighted by Gasteiger charge is 2.42. The molecule has 4 rings (SSSR count). The van der Waals surface area contributed by atoms with Gasteiger partial charge >= 0.3 is 12.1 Å². The van der Waals surface area contributed by atoms with Crippen LogP contribution < -0.4 is 5.32 Å². The van der Waals surface area contributed by atoms with Gasteiger partial charge < -0.3 is 15.2 Å². The molecule has 34 heavy (non-hydrogen) atoms. The Morgan fingerprint density at radius 1 is 1.32 bits per heavy atom. The molecule has 10 heteroatoms. The summed E-state index contributed by atoms with van der Waals surface area (Å²) < 4.78 is 38.2. The van der Waals surface area contributed by atoms with E-state index in [2.05, 4.69) is 27.1 Å². The van der Waals surface area contributed by atoms with Gasteiger partial charge in [-0.25, -0.2) is 0 Å². The lowest BCUT2D eigenvalue weighted by Gasteiger charge is -2.26. The van der Waals surface area contributed by atoms with Gasteiger partial charge in [0.2, 0.25) is 0 Å². The van der Waals surface area contributed by atoms with Crippen LogP contribution in [0.1, 0.15) is 24.6 Å². The Morgan fingerprint density at radius 2 is 2.15 bits per heavy atom. The SMILES string of the molecule is C=C/C=C/Nc1[nH]c(C2=CCN(C(=O)C(F)(F)F)CC2)cc1C(C)=Nc1ccc2[nH]ncc2c1. The molecule has 1 amide bonds. The van der Waals surface area contributed by atoms with Crippen LogP contribution in [0.4, 0.5) is 24.7 Å². The lowest BCUT2D eigenvalue weighted by atomic mass is 10.0. The van der Waals surface area contributed by atoms with E-state index >= 15 is 0 Å². The van der Waals surface area contributed by atoms with Crippen LogP contribution in [-0.4, -0.2) is 51.0 Å². The fourth-order valence-electron chi connectivity index (χ4n) is 3.76. The van der Waals surface area contributed by atoms with E-state index in [1.54, 1.807) is 30.6 Å². The Kier molecular flexibility index (Phi) is 6.40. The maximum atomic E-state index is 12.7. The number of nitrogens with one attached hydrogen (secondary N) is 3. The quantitative estimate of drug-likeness (QED) is 0.338. The number of rotatable bonds is 6. The number of carbonyl (C=O) groups excluding carboxylic acids is 1.